The van der Waals surface area contributed by atoms with Crippen molar-refractivity contribution in [2.24, 2.45) is 4.99 Å². The van der Waals surface area contributed by atoms with Gasteiger partial charge >= 0.3 is 0 Å². The summed E-state index contributed by atoms with van der Waals surface area (Å²) in [5, 5.41) is 11.9. The van der Waals surface area contributed by atoms with E-state index in [4.69, 9.17) is 9.73 Å². The van der Waals surface area contributed by atoms with Gasteiger partial charge in [0.25, 0.3) is 0 Å². The lowest BCUT2D eigenvalue weighted by atomic mass is 9.78. The minimum Gasteiger partial charge on any atom is -0.511 e. The molecule has 1 unspecified atom stereocenters. The number of nitrogens with one attached hydrogen (secondary N) is 1. The Morgan fingerprint density at radius 3 is 2.51 bits per heavy atom. The number of ketones is 1. The van der Waals surface area contributed by atoms with Crippen LogP contribution in [0.2, 0.25) is 0 Å². The van der Waals surface area contributed by atoms with Crippen molar-refractivity contribution in [3.8, 4) is 5.75 Å². The predicted octanol–water partition coefficient (Wildman–Crippen LogP) is 7.80. The van der Waals surface area contributed by atoms with E-state index in [1.807, 2.05) is 49.4 Å². The van der Waals surface area contributed by atoms with Gasteiger partial charge in [0.05, 0.1) is 5.57 Å². The van der Waals surface area contributed by atoms with Gasteiger partial charge in [-0.05, 0) is 67.0 Å². The zero-order valence-electron chi connectivity index (χ0n) is 22.7. The summed E-state index contributed by atoms with van der Waals surface area (Å²) in [4.78, 5) is 21.6. The number of aliphatic hydroxyl groups excluding tert-OH is 1. The van der Waals surface area contributed by atoms with E-state index in [1.54, 1.807) is 0 Å². The van der Waals surface area contributed by atoms with E-state index < -0.39 is 0 Å². The number of ether oxygens (including phenoxy) is 1. The quantitative estimate of drug-likeness (QED) is 0.175. The lowest BCUT2D eigenvalue weighted by Gasteiger charge is -2.26. The zero-order chi connectivity index (χ0) is 27.2. The van der Waals surface area contributed by atoms with Gasteiger partial charge in [-0.2, -0.15) is 0 Å². The van der Waals surface area contributed by atoms with Gasteiger partial charge in [-0.25, -0.2) is 0 Å². The molecule has 200 valence electrons. The van der Waals surface area contributed by atoms with Gasteiger partial charge in [0.1, 0.15) is 18.1 Å². The van der Waals surface area contributed by atoms with Gasteiger partial charge in [-0.15, -0.1) is 0 Å². The Labute approximate surface area is 230 Å². The number of carbonyl (C=O) groups excluding carboxylic acids is 1. The molecule has 0 aliphatic heterocycles. The Kier molecular flexibility index (Phi) is 8.26. The summed E-state index contributed by atoms with van der Waals surface area (Å²) in [5.41, 5.74) is 6.82. The molecule has 1 atom stereocenters. The summed E-state index contributed by atoms with van der Waals surface area (Å²) < 4.78 is 6.08. The molecule has 5 rings (SSSR count). The summed E-state index contributed by atoms with van der Waals surface area (Å²) in [7, 11) is 0. The molecule has 1 aromatic heterocycles. The number of Topliss-reactive ketones (excluding diaryl/α,β-unsaturated/α-hetero) is 1. The van der Waals surface area contributed by atoms with Crippen LogP contribution in [0, 0.1) is 6.92 Å². The fraction of sp³-hybridized carbons (Fsp3) is 0.294. The van der Waals surface area contributed by atoms with Crippen LogP contribution in [0.5, 0.6) is 5.75 Å². The van der Waals surface area contributed by atoms with Crippen LogP contribution in [0.3, 0.4) is 0 Å². The second-order valence-corrected chi connectivity index (χ2v) is 10.3. The van der Waals surface area contributed by atoms with Crippen LogP contribution in [0.15, 0.2) is 95.2 Å². The van der Waals surface area contributed by atoms with Gasteiger partial charge in [0, 0.05) is 41.7 Å². The number of H-pyrrole nitrogens is 1. The molecule has 1 aliphatic rings. The summed E-state index contributed by atoms with van der Waals surface area (Å²) in [6.07, 6.45) is 3.05. The maximum absolute atomic E-state index is 13.2. The van der Waals surface area contributed by atoms with Crippen LogP contribution < -0.4 is 4.74 Å². The third-order valence-corrected chi connectivity index (χ3v) is 7.49. The molecular weight excluding hydrogens is 484 g/mol. The summed E-state index contributed by atoms with van der Waals surface area (Å²) >= 11 is 0. The van der Waals surface area contributed by atoms with Gasteiger partial charge < -0.3 is 14.8 Å². The molecule has 1 aliphatic carbocycles. The number of aromatic amines is 1. The van der Waals surface area contributed by atoms with Gasteiger partial charge in [0.15, 0.2) is 5.78 Å². The van der Waals surface area contributed by atoms with Crippen LogP contribution >= 0.6 is 0 Å². The highest BCUT2D eigenvalue weighted by atomic mass is 16.5. The number of allylic oxidation sites excluding steroid dienone is 2. The van der Waals surface area contributed by atoms with Crippen LogP contribution in [-0.2, 0) is 17.8 Å². The highest BCUT2D eigenvalue weighted by Crippen LogP contribution is 2.34. The number of rotatable bonds is 9. The Morgan fingerprint density at radius 2 is 1.77 bits per heavy atom. The topological polar surface area (TPSA) is 74.7 Å². The molecule has 4 aromatic rings. The Bertz CT molecular complexity index is 1500. The second-order valence-electron chi connectivity index (χ2n) is 10.3. The maximum Gasteiger partial charge on any atom is 0.168 e. The number of aryl methyl sites for hydroxylation is 1. The second kappa shape index (κ2) is 12.2. The first-order valence-corrected chi connectivity index (χ1v) is 13.8. The first kappa shape index (κ1) is 26.5. The molecule has 0 amide bonds. The fourth-order valence-corrected chi connectivity index (χ4v) is 5.51. The van der Waals surface area contributed by atoms with E-state index in [2.05, 4.69) is 48.3 Å². The number of nitrogens with zero attached hydrogens (tertiary/aromatic N) is 1. The van der Waals surface area contributed by atoms with Gasteiger partial charge in [-0.1, -0.05) is 67.6 Å². The van der Waals surface area contributed by atoms with E-state index in [0.29, 0.717) is 38.0 Å². The van der Waals surface area contributed by atoms with Crippen molar-refractivity contribution in [1.82, 2.24) is 4.98 Å². The SMILES string of the molecule is CCC/C(O)=C1\C(=O)CC(c2ccccc2)CC1=NCCc1c(C)[nH]c2ccc(OCc3ccccc3)cc12. The predicted molar refractivity (Wildman–Crippen MR) is 158 cm³/mol. The smallest absolute Gasteiger partial charge is 0.168 e. The lowest BCUT2D eigenvalue weighted by molar-refractivity contribution is -0.116. The molecule has 0 bridgehead atoms. The molecule has 5 nitrogen and oxygen atoms in total. The number of hydrogen-bond acceptors (Lipinski definition) is 4. The highest BCUT2D eigenvalue weighted by molar-refractivity contribution is 6.24. The van der Waals surface area contributed by atoms with Gasteiger partial charge in [0.2, 0.25) is 0 Å². The number of fused-ring (bicyclic) bond motifs is 1. The molecule has 1 heterocycles. The average Bonchev–Trinajstić information content (AvgIpc) is 3.27. The number of aliphatic imine (C=N–C) groups is 1. The summed E-state index contributed by atoms with van der Waals surface area (Å²) in [6, 6.07) is 26.5. The lowest BCUT2D eigenvalue weighted by Crippen LogP contribution is -2.27. The number of aliphatic hydroxyl groups is 1. The molecular formula is C34H36N2O3. The summed E-state index contributed by atoms with van der Waals surface area (Å²) in [6.45, 7) is 5.15. The van der Waals surface area contributed by atoms with Crippen LogP contribution in [0.4, 0.5) is 0 Å². The van der Waals surface area contributed by atoms with Crippen molar-refractivity contribution in [2.45, 2.75) is 58.5 Å². The molecule has 3 aromatic carbocycles. The molecule has 39 heavy (non-hydrogen) atoms. The minimum absolute atomic E-state index is 0.0108. The number of aromatic nitrogens is 1. The van der Waals surface area contributed by atoms with Crippen molar-refractivity contribution < 1.29 is 14.6 Å². The van der Waals surface area contributed by atoms with Crippen molar-refractivity contribution in [3.63, 3.8) is 0 Å². The van der Waals surface area contributed by atoms with Crippen molar-refractivity contribution in [2.75, 3.05) is 6.54 Å². The first-order chi connectivity index (χ1) is 19.0. The largest absolute Gasteiger partial charge is 0.511 e. The maximum atomic E-state index is 13.2. The molecule has 1 saturated carbocycles. The Morgan fingerprint density at radius 1 is 1.03 bits per heavy atom. The Hall–Kier alpha value is -4.12. The summed E-state index contributed by atoms with van der Waals surface area (Å²) in [5.74, 6) is 1.07. The third-order valence-electron chi connectivity index (χ3n) is 7.49. The Balaban J connectivity index is 1.37. The van der Waals surface area contributed by atoms with E-state index in [1.165, 1.54) is 5.56 Å². The fourth-order valence-electron chi connectivity index (χ4n) is 5.51. The molecule has 0 saturated heterocycles. The molecule has 2 N–H and O–H groups in total. The average molecular weight is 521 g/mol. The van der Waals surface area contributed by atoms with E-state index in [-0.39, 0.29) is 17.5 Å². The van der Waals surface area contributed by atoms with Crippen LogP contribution in [0.25, 0.3) is 10.9 Å². The van der Waals surface area contributed by atoms with E-state index >= 15 is 0 Å². The van der Waals surface area contributed by atoms with E-state index in [9.17, 15) is 9.90 Å². The molecule has 0 spiro atoms. The standard InChI is InChI=1S/C34H36N2O3/c1-3-10-32(37)34-31(19-26(20-33(34)38)25-13-8-5-9-14-25)35-18-17-28-23(2)36-30-16-15-27(21-29(28)30)39-22-24-11-6-4-7-12-24/h4-9,11-16,21,26,36-37H,3,10,17-20,22H2,1-2H3/b34-32+,35-31?. The number of carbonyl (C=O) groups is 1. The first-order valence-electron chi connectivity index (χ1n) is 13.8. The van der Waals surface area contributed by atoms with Crippen LogP contribution in [0.1, 0.15) is 60.9 Å². The van der Waals surface area contributed by atoms with Gasteiger partial charge in [-0.3, -0.25) is 9.79 Å². The van der Waals surface area contributed by atoms with Crippen molar-refractivity contribution in [1.29, 1.82) is 0 Å². The van der Waals surface area contributed by atoms with Crippen molar-refractivity contribution in [3.05, 3.63) is 113 Å². The minimum atomic E-state index is -0.0108. The molecule has 5 heteroatoms. The normalized spacial score (nSPS) is 18.1. The third kappa shape index (κ3) is 6.14. The van der Waals surface area contributed by atoms with Crippen LogP contribution in [-0.4, -0.2) is 28.1 Å². The zero-order valence-corrected chi connectivity index (χ0v) is 22.7. The number of hydrogen-bond donors (Lipinski definition) is 2. The number of benzene rings is 3. The van der Waals surface area contributed by atoms with Crippen molar-refractivity contribution >= 4 is 22.4 Å². The van der Waals surface area contributed by atoms with E-state index in [0.717, 1.165) is 52.0 Å². The monoisotopic (exact) mass is 520 g/mol. The highest BCUT2D eigenvalue weighted by Gasteiger charge is 2.32. The molecule has 0 radical (unpaired) electrons. The molecule has 1 fully saturated rings.